The number of ether oxygens (including phenoxy) is 1. The average molecular weight is 307 g/mol. The maximum atomic E-state index is 11.8. The lowest BCUT2D eigenvalue weighted by Gasteiger charge is -2.31. The molecule has 0 aliphatic carbocycles. The third-order valence-corrected chi connectivity index (χ3v) is 4.33. The van der Waals surface area contributed by atoms with Crippen molar-refractivity contribution in [1.29, 1.82) is 0 Å². The minimum atomic E-state index is -0.0989. The maximum Gasteiger partial charge on any atom is 0.309 e. The van der Waals surface area contributed by atoms with Gasteiger partial charge in [-0.25, -0.2) is 9.97 Å². The van der Waals surface area contributed by atoms with Crippen molar-refractivity contribution in [3.05, 3.63) is 5.51 Å². The zero-order valence-corrected chi connectivity index (χ0v) is 12.6. The topological polar surface area (TPSA) is 94.2 Å². The molecule has 3 heterocycles. The molecule has 2 aromatic rings. The van der Waals surface area contributed by atoms with Crippen LogP contribution in [-0.2, 0) is 9.53 Å². The zero-order chi connectivity index (χ0) is 14.8. The van der Waals surface area contributed by atoms with Gasteiger partial charge in [0.15, 0.2) is 10.6 Å². The third-order valence-electron chi connectivity index (χ3n) is 3.61. The van der Waals surface area contributed by atoms with Crippen molar-refractivity contribution >= 4 is 39.4 Å². The van der Waals surface area contributed by atoms with Gasteiger partial charge in [0, 0.05) is 13.1 Å². The highest BCUT2D eigenvalue weighted by molar-refractivity contribution is 7.16. The summed E-state index contributed by atoms with van der Waals surface area (Å²) in [4.78, 5) is 27.5. The Morgan fingerprint density at radius 2 is 2.24 bits per heavy atom. The van der Waals surface area contributed by atoms with E-state index in [2.05, 4.69) is 19.9 Å². The van der Waals surface area contributed by atoms with Crippen molar-refractivity contribution in [2.75, 3.05) is 30.3 Å². The van der Waals surface area contributed by atoms with Gasteiger partial charge in [-0.05, 0) is 19.8 Å². The van der Waals surface area contributed by atoms with Gasteiger partial charge < -0.3 is 15.4 Å². The van der Waals surface area contributed by atoms with Crippen LogP contribution in [0.15, 0.2) is 5.51 Å². The van der Waals surface area contributed by atoms with Crippen molar-refractivity contribution in [3.8, 4) is 0 Å². The van der Waals surface area contributed by atoms with Gasteiger partial charge in [-0.15, -0.1) is 11.3 Å². The molecule has 0 radical (unpaired) electrons. The van der Waals surface area contributed by atoms with E-state index in [4.69, 9.17) is 10.5 Å². The van der Waals surface area contributed by atoms with E-state index in [0.29, 0.717) is 6.61 Å². The molecule has 1 aliphatic heterocycles. The molecule has 3 rings (SSSR count). The Hall–Kier alpha value is -1.96. The van der Waals surface area contributed by atoms with E-state index in [1.807, 2.05) is 6.92 Å². The van der Waals surface area contributed by atoms with Crippen molar-refractivity contribution in [1.82, 2.24) is 15.0 Å². The fraction of sp³-hybridized carbons (Fsp3) is 0.538. The lowest BCUT2D eigenvalue weighted by molar-refractivity contribution is -0.148. The Morgan fingerprint density at radius 3 is 2.95 bits per heavy atom. The summed E-state index contributed by atoms with van der Waals surface area (Å²) in [7, 11) is 0. The number of aromatic nitrogens is 3. The van der Waals surface area contributed by atoms with Crippen molar-refractivity contribution < 1.29 is 9.53 Å². The van der Waals surface area contributed by atoms with Crippen molar-refractivity contribution in [3.63, 3.8) is 0 Å². The molecule has 0 bridgehead atoms. The summed E-state index contributed by atoms with van der Waals surface area (Å²) in [6.45, 7) is 3.75. The normalized spacial score (nSPS) is 16.3. The summed E-state index contributed by atoms with van der Waals surface area (Å²) in [5.41, 5.74) is 8.29. The summed E-state index contributed by atoms with van der Waals surface area (Å²) < 4.78 is 5.09. The highest BCUT2D eigenvalue weighted by Crippen LogP contribution is 2.29. The highest BCUT2D eigenvalue weighted by Gasteiger charge is 2.28. The Balaban J connectivity index is 1.77. The van der Waals surface area contributed by atoms with Crippen molar-refractivity contribution in [2.24, 2.45) is 5.92 Å². The van der Waals surface area contributed by atoms with Gasteiger partial charge in [0.1, 0.15) is 5.52 Å². The van der Waals surface area contributed by atoms with Crippen molar-refractivity contribution in [2.45, 2.75) is 19.8 Å². The van der Waals surface area contributed by atoms with Crippen LogP contribution in [0, 0.1) is 5.92 Å². The summed E-state index contributed by atoms with van der Waals surface area (Å²) in [6, 6.07) is 0. The molecule has 112 valence electrons. The molecule has 1 saturated heterocycles. The molecule has 0 aromatic carbocycles. The minimum absolute atomic E-state index is 0.0219. The van der Waals surface area contributed by atoms with Gasteiger partial charge in [-0.2, -0.15) is 4.98 Å². The number of carbonyl (C=O) groups excluding carboxylic acids is 1. The second-order valence-corrected chi connectivity index (χ2v) is 5.76. The van der Waals surface area contributed by atoms with E-state index in [1.165, 1.54) is 11.3 Å². The van der Waals surface area contributed by atoms with Gasteiger partial charge in [0.25, 0.3) is 0 Å². The number of nitrogens with zero attached hydrogens (tertiary/aromatic N) is 4. The number of nitrogen functional groups attached to an aromatic ring is 1. The van der Waals surface area contributed by atoms with E-state index in [0.717, 1.165) is 42.1 Å². The van der Waals surface area contributed by atoms with Crippen LogP contribution < -0.4 is 10.6 Å². The van der Waals surface area contributed by atoms with Crippen LogP contribution in [0.4, 0.5) is 11.8 Å². The number of anilines is 2. The molecule has 1 aliphatic rings. The third kappa shape index (κ3) is 2.76. The number of carbonyl (C=O) groups is 1. The zero-order valence-electron chi connectivity index (χ0n) is 11.8. The van der Waals surface area contributed by atoms with Crippen LogP contribution in [0.2, 0.25) is 0 Å². The standard InChI is InChI=1S/C13H17N5O2S/c1-2-20-12(19)8-3-5-18(6-4-8)10-9-11(21-7-15-9)17-13(14)16-10/h7-8H,2-6H2,1H3,(H2,14,16,17). The molecule has 21 heavy (non-hydrogen) atoms. The molecule has 0 saturated carbocycles. The Morgan fingerprint density at radius 1 is 1.48 bits per heavy atom. The largest absolute Gasteiger partial charge is 0.466 e. The number of hydrogen-bond acceptors (Lipinski definition) is 8. The minimum Gasteiger partial charge on any atom is -0.466 e. The first-order valence-electron chi connectivity index (χ1n) is 6.97. The number of fused-ring (bicyclic) bond motifs is 1. The summed E-state index contributed by atoms with van der Waals surface area (Å²) in [5.74, 6) is 0.903. The maximum absolute atomic E-state index is 11.8. The number of hydrogen-bond donors (Lipinski definition) is 1. The van der Waals surface area contributed by atoms with E-state index < -0.39 is 0 Å². The van der Waals surface area contributed by atoms with Crippen LogP contribution in [0.1, 0.15) is 19.8 Å². The Bertz CT molecular complexity index is 651. The second-order valence-electron chi connectivity index (χ2n) is 4.92. The summed E-state index contributed by atoms with van der Waals surface area (Å²) in [6.07, 6.45) is 1.52. The molecule has 0 atom stereocenters. The van der Waals surface area contributed by atoms with E-state index >= 15 is 0 Å². The number of nitrogens with two attached hydrogens (primary N) is 1. The second kappa shape index (κ2) is 5.80. The van der Waals surface area contributed by atoms with Crippen LogP contribution in [0.25, 0.3) is 10.3 Å². The SMILES string of the molecule is CCOC(=O)C1CCN(c2nc(N)nc3scnc23)CC1. The average Bonchev–Trinajstić information content (AvgIpc) is 2.95. The van der Waals surface area contributed by atoms with Gasteiger partial charge in [0.05, 0.1) is 18.0 Å². The van der Waals surface area contributed by atoms with Crippen LogP contribution in [0.3, 0.4) is 0 Å². The molecule has 0 unspecified atom stereocenters. The first-order valence-corrected chi connectivity index (χ1v) is 7.85. The van der Waals surface area contributed by atoms with Gasteiger partial charge in [0.2, 0.25) is 5.95 Å². The van der Waals surface area contributed by atoms with Crippen LogP contribution in [0.5, 0.6) is 0 Å². The molecule has 0 spiro atoms. The molecule has 0 amide bonds. The van der Waals surface area contributed by atoms with Gasteiger partial charge in [-0.1, -0.05) is 0 Å². The summed E-state index contributed by atoms with van der Waals surface area (Å²) >= 11 is 1.45. The predicted molar refractivity (Wildman–Crippen MR) is 81.2 cm³/mol. The van der Waals surface area contributed by atoms with Gasteiger partial charge >= 0.3 is 5.97 Å². The molecule has 8 heteroatoms. The molecule has 7 nitrogen and oxygen atoms in total. The molecular weight excluding hydrogens is 290 g/mol. The monoisotopic (exact) mass is 307 g/mol. The fourth-order valence-electron chi connectivity index (χ4n) is 2.57. The first kappa shape index (κ1) is 14.0. The van der Waals surface area contributed by atoms with Crippen LogP contribution in [-0.4, -0.2) is 40.6 Å². The Labute approximate surface area is 126 Å². The van der Waals surface area contributed by atoms with E-state index in [9.17, 15) is 4.79 Å². The number of piperidine rings is 1. The van der Waals surface area contributed by atoms with Gasteiger partial charge in [-0.3, -0.25) is 4.79 Å². The Kier molecular flexibility index (Phi) is 3.87. The summed E-state index contributed by atoms with van der Waals surface area (Å²) in [5, 5.41) is 0. The number of rotatable bonds is 3. The van der Waals surface area contributed by atoms with E-state index in [-0.39, 0.29) is 17.8 Å². The van der Waals surface area contributed by atoms with E-state index in [1.54, 1.807) is 5.51 Å². The highest BCUT2D eigenvalue weighted by atomic mass is 32.1. The molecule has 2 aromatic heterocycles. The number of esters is 1. The molecule has 2 N–H and O–H groups in total. The lowest BCUT2D eigenvalue weighted by Crippen LogP contribution is -2.37. The lowest BCUT2D eigenvalue weighted by atomic mass is 9.97. The number of thiazole rings is 1. The smallest absolute Gasteiger partial charge is 0.309 e. The molecule has 1 fully saturated rings. The van der Waals surface area contributed by atoms with Crippen LogP contribution >= 0.6 is 11.3 Å². The predicted octanol–water partition coefficient (Wildman–Crippen LogP) is 1.45. The fourth-order valence-corrected chi connectivity index (χ4v) is 3.23. The quantitative estimate of drug-likeness (QED) is 0.857. The first-order chi connectivity index (χ1) is 10.2. The molecular formula is C13H17N5O2S.